The Balaban J connectivity index is 1.71. The molecule has 132 valence electrons. The first-order valence-corrected chi connectivity index (χ1v) is 10.2. The molecule has 25 heavy (non-hydrogen) atoms. The topological polar surface area (TPSA) is 66.5 Å². The minimum atomic E-state index is -3.15. The van der Waals surface area contributed by atoms with E-state index >= 15 is 0 Å². The van der Waals surface area contributed by atoms with Crippen molar-refractivity contribution in [3.8, 4) is 11.1 Å². The molecule has 1 fully saturated rings. The Morgan fingerprint density at radius 2 is 1.60 bits per heavy atom. The monoisotopic (exact) mass is 358 g/mol. The molecule has 1 saturated heterocycles. The van der Waals surface area contributed by atoms with Crippen LogP contribution in [0.25, 0.3) is 11.1 Å². The molecule has 0 radical (unpaired) electrons. The molecule has 6 heteroatoms. The highest BCUT2D eigenvalue weighted by atomic mass is 32.2. The van der Waals surface area contributed by atoms with E-state index in [0.29, 0.717) is 31.5 Å². The summed E-state index contributed by atoms with van der Waals surface area (Å²) < 4.78 is 24.6. The van der Waals surface area contributed by atoms with Crippen LogP contribution in [0.2, 0.25) is 0 Å². The molecule has 1 aliphatic heterocycles. The van der Waals surface area contributed by atoms with Crippen molar-refractivity contribution in [2.45, 2.75) is 18.9 Å². The van der Waals surface area contributed by atoms with Gasteiger partial charge in [0.05, 0.1) is 6.26 Å². The van der Waals surface area contributed by atoms with Crippen LogP contribution in [0, 0.1) is 0 Å². The van der Waals surface area contributed by atoms with Crippen molar-refractivity contribution in [2.75, 3.05) is 19.3 Å². The maximum atomic E-state index is 12.7. The van der Waals surface area contributed by atoms with Crippen LogP contribution in [0.1, 0.15) is 23.2 Å². The number of sulfonamides is 1. The van der Waals surface area contributed by atoms with Crippen molar-refractivity contribution in [3.63, 3.8) is 0 Å². The molecular weight excluding hydrogens is 336 g/mol. The van der Waals surface area contributed by atoms with Gasteiger partial charge in [0.1, 0.15) is 0 Å². The first-order chi connectivity index (χ1) is 11.9. The Kier molecular flexibility index (Phi) is 5.20. The van der Waals surface area contributed by atoms with Crippen molar-refractivity contribution >= 4 is 15.9 Å². The Bertz CT molecular complexity index is 842. The number of piperidine rings is 1. The van der Waals surface area contributed by atoms with E-state index in [2.05, 4.69) is 5.32 Å². The Morgan fingerprint density at radius 3 is 2.24 bits per heavy atom. The molecule has 5 nitrogen and oxygen atoms in total. The van der Waals surface area contributed by atoms with Crippen LogP contribution >= 0.6 is 0 Å². The van der Waals surface area contributed by atoms with Crippen LogP contribution in [-0.4, -0.2) is 44.0 Å². The highest BCUT2D eigenvalue weighted by molar-refractivity contribution is 7.88. The van der Waals surface area contributed by atoms with Crippen LogP contribution in [-0.2, 0) is 10.0 Å². The second-order valence-electron chi connectivity index (χ2n) is 6.32. The van der Waals surface area contributed by atoms with Crippen molar-refractivity contribution in [1.29, 1.82) is 0 Å². The minimum absolute atomic E-state index is 0.00525. The first kappa shape index (κ1) is 17.6. The highest BCUT2D eigenvalue weighted by Gasteiger charge is 2.26. The van der Waals surface area contributed by atoms with Crippen molar-refractivity contribution in [3.05, 3.63) is 60.2 Å². The quantitative estimate of drug-likeness (QED) is 0.913. The molecule has 2 aromatic rings. The van der Waals surface area contributed by atoms with Gasteiger partial charge < -0.3 is 5.32 Å². The summed E-state index contributed by atoms with van der Waals surface area (Å²) in [6, 6.07) is 17.3. The van der Waals surface area contributed by atoms with Gasteiger partial charge in [-0.3, -0.25) is 4.79 Å². The fraction of sp³-hybridized carbons (Fsp3) is 0.316. The predicted octanol–water partition coefficient (Wildman–Crippen LogP) is 2.51. The smallest absolute Gasteiger partial charge is 0.252 e. The minimum Gasteiger partial charge on any atom is -0.349 e. The van der Waals surface area contributed by atoms with Crippen LogP contribution < -0.4 is 5.32 Å². The van der Waals surface area contributed by atoms with Gasteiger partial charge in [0.25, 0.3) is 5.91 Å². The second kappa shape index (κ2) is 7.37. The van der Waals surface area contributed by atoms with Gasteiger partial charge in [-0.15, -0.1) is 0 Å². The number of hydrogen-bond acceptors (Lipinski definition) is 3. The second-order valence-corrected chi connectivity index (χ2v) is 8.30. The summed E-state index contributed by atoms with van der Waals surface area (Å²) in [7, 11) is -3.15. The molecule has 0 atom stereocenters. The lowest BCUT2D eigenvalue weighted by Gasteiger charge is -2.30. The SMILES string of the molecule is CS(=O)(=O)N1CCC(NC(=O)c2ccccc2-c2ccccc2)CC1. The van der Waals surface area contributed by atoms with Crippen LogP contribution in [0.3, 0.4) is 0 Å². The summed E-state index contributed by atoms with van der Waals surface area (Å²) in [6.07, 6.45) is 2.49. The summed E-state index contributed by atoms with van der Waals surface area (Å²) in [5.74, 6) is -0.114. The van der Waals surface area contributed by atoms with Gasteiger partial charge in [-0.1, -0.05) is 48.5 Å². The van der Waals surface area contributed by atoms with Gasteiger partial charge in [-0.05, 0) is 30.0 Å². The zero-order valence-electron chi connectivity index (χ0n) is 14.2. The fourth-order valence-corrected chi connectivity index (χ4v) is 4.02. The summed E-state index contributed by atoms with van der Waals surface area (Å²) in [5.41, 5.74) is 2.54. The first-order valence-electron chi connectivity index (χ1n) is 8.35. The lowest BCUT2D eigenvalue weighted by atomic mass is 9.98. The van der Waals surface area contributed by atoms with E-state index in [9.17, 15) is 13.2 Å². The zero-order valence-corrected chi connectivity index (χ0v) is 15.0. The van der Waals surface area contributed by atoms with E-state index in [4.69, 9.17) is 0 Å². The maximum absolute atomic E-state index is 12.7. The van der Waals surface area contributed by atoms with Gasteiger partial charge >= 0.3 is 0 Å². The third-order valence-corrected chi connectivity index (χ3v) is 5.82. The zero-order chi connectivity index (χ0) is 17.9. The lowest BCUT2D eigenvalue weighted by Crippen LogP contribution is -2.46. The van der Waals surface area contributed by atoms with E-state index in [0.717, 1.165) is 11.1 Å². The molecule has 1 amide bonds. The molecule has 0 saturated carbocycles. The van der Waals surface area contributed by atoms with Gasteiger partial charge in [0, 0.05) is 24.7 Å². The number of nitrogens with zero attached hydrogens (tertiary/aromatic N) is 1. The molecule has 0 aliphatic carbocycles. The summed E-state index contributed by atoms with van der Waals surface area (Å²) in [6.45, 7) is 0.897. The largest absolute Gasteiger partial charge is 0.349 e. The number of nitrogens with one attached hydrogen (secondary N) is 1. The van der Waals surface area contributed by atoms with Crippen molar-refractivity contribution in [2.24, 2.45) is 0 Å². The molecule has 2 aromatic carbocycles. The molecular formula is C19H22N2O3S. The number of hydrogen-bond donors (Lipinski definition) is 1. The van der Waals surface area contributed by atoms with E-state index in [1.807, 2.05) is 54.6 Å². The standard InChI is InChI=1S/C19H22N2O3S/c1-25(23,24)21-13-11-16(12-14-21)20-19(22)18-10-6-5-9-17(18)15-7-3-2-4-8-15/h2-10,16H,11-14H2,1H3,(H,20,22). The van der Waals surface area contributed by atoms with E-state index in [-0.39, 0.29) is 11.9 Å². The fourth-order valence-electron chi connectivity index (χ4n) is 3.15. The Hall–Kier alpha value is -2.18. The average Bonchev–Trinajstić information content (AvgIpc) is 2.62. The number of rotatable bonds is 4. The Labute approximate surface area is 148 Å². The summed E-state index contributed by atoms with van der Waals surface area (Å²) in [5, 5.41) is 3.06. The van der Waals surface area contributed by atoms with Crippen LogP contribution in [0.15, 0.2) is 54.6 Å². The number of carbonyl (C=O) groups is 1. The summed E-state index contributed by atoms with van der Waals surface area (Å²) >= 11 is 0. The molecule has 0 aromatic heterocycles. The molecule has 1 N–H and O–H groups in total. The molecule has 3 rings (SSSR count). The number of carbonyl (C=O) groups excluding carboxylic acids is 1. The Morgan fingerprint density at radius 1 is 1.00 bits per heavy atom. The number of amides is 1. The third-order valence-electron chi connectivity index (χ3n) is 4.51. The molecule has 0 unspecified atom stereocenters. The molecule has 0 bridgehead atoms. The van der Waals surface area contributed by atoms with Gasteiger partial charge in [0.2, 0.25) is 10.0 Å². The maximum Gasteiger partial charge on any atom is 0.252 e. The van der Waals surface area contributed by atoms with Gasteiger partial charge in [0.15, 0.2) is 0 Å². The normalized spacial score (nSPS) is 16.5. The van der Waals surface area contributed by atoms with Crippen molar-refractivity contribution < 1.29 is 13.2 Å². The van der Waals surface area contributed by atoms with Crippen molar-refractivity contribution in [1.82, 2.24) is 9.62 Å². The lowest BCUT2D eigenvalue weighted by molar-refractivity contribution is 0.0924. The van der Waals surface area contributed by atoms with Crippen LogP contribution in [0.4, 0.5) is 0 Å². The highest BCUT2D eigenvalue weighted by Crippen LogP contribution is 2.24. The number of benzene rings is 2. The molecule has 0 spiro atoms. The third kappa shape index (κ3) is 4.27. The summed E-state index contributed by atoms with van der Waals surface area (Å²) in [4.78, 5) is 12.7. The molecule has 1 heterocycles. The van der Waals surface area contributed by atoms with E-state index in [1.54, 1.807) is 0 Å². The van der Waals surface area contributed by atoms with E-state index in [1.165, 1.54) is 10.6 Å². The van der Waals surface area contributed by atoms with Gasteiger partial charge in [-0.25, -0.2) is 12.7 Å². The van der Waals surface area contributed by atoms with E-state index < -0.39 is 10.0 Å². The predicted molar refractivity (Wildman–Crippen MR) is 98.8 cm³/mol. The molecule has 1 aliphatic rings. The van der Waals surface area contributed by atoms with Crippen LogP contribution in [0.5, 0.6) is 0 Å². The van der Waals surface area contributed by atoms with Gasteiger partial charge in [-0.2, -0.15) is 0 Å². The average molecular weight is 358 g/mol.